The van der Waals surface area contributed by atoms with Crippen molar-refractivity contribution in [1.29, 1.82) is 0 Å². The average molecular weight is 1210 g/mol. The molecule has 5 aliphatic rings. The number of benzene rings is 2. The summed E-state index contributed by atoms with van der Waals surface area (Å²) in [5.74, 6) is -3.85. The Morgan fingerprint density at radius 2 is 1.51 bits per heavy atom. The van der Waals surface area contributed by atoms with Crippen molar-refractivity contribution >= 4 is 46.4 Å². The molecular formula is C62H80F2N10O11S. The van der Waals surface area contributed by atoms with Gasteiger partial charge in [-0.25, -0.2) is 13.8 Å². The molecule has 2 saturated heterocycles. The van der Waals surface area contributed by atoms with Crippen molar-refractivity contribution in [2.24, 2.45) is 23.2 Å². The molecule has 5 aromatic rings. The number of amides is 4. The summed E-state index contributed by atoms with van der Waals surface area (Å²) in [7, 11) is 1.73. The number of ether oxygens (including phenoxy) is 6. The van der Waals surface area contributed by atoms with Crippen LogP contribution in [0.1, 0.15) is 126 Å². The molecule has 464 valence electrons. The van der Waals surface area contributed by atoms with Crippen molar-refractivity contribution in [1.82, 2.24) is 45.4 Å². The summed E-state index contributed by atoms with van der Waals surface area (Å²) in [5, 5.41) is 23.0. The molecule has 4 fully saturated rings. The number of halogens is 2. The molecule has 0 spiro atoms. The maximum absolute atomic E-state index is 14.5. The number of hydrogen-bond donors (Lipinski definition) is 4. The Morgan fingerprint density at radius 1 is 0.826 bits per heavy atom. The molecule has 0 bridgehead atoms. The van der Waals surface area contributed by atoms with Gasteiger partial charge in [0.2, 0.25) is 23.5 Å². The molecule has 10 rings (SSSR count). The van der Waals surface area contributed by atoms with Crippen molar-refractivity contribution < 1.29 is 61.2 Å². The standard InChI is InChI=1S/C62H80F2N10O11S/c1-40(65-3)57(77)69-53(41-12-6-4-7-13-41)60(79)73-20-11-18-50(73)59-68-49(39-86-59)56(76)43-16-10-17-46(32-43)85-31-30-84-29-28-83-27-26-82-25-24-81-23-22-80-21-19-52(75)72-36-44(37-72)55(42-14-8-5-9-15-42)74-38-45(35-66-74)67-58(78)54-47-33-51-61(2,62(51,63)64)34-48(47)70-71-54/h5,8-10,14-17,32,35,38-41,44,50-51,53,55,65H,4,6-7,11-13,18-31,33-34,36-37H2,1-3H3,(H,67,78)(H,69,77)(H,70,71)/t40-,50-,51-,53-,55+,61+/m0/s1. The Bertz CT molecular complexity index is 3100. The highest BCUT2D eigenvalue weighted by Crippen LogP contribution is 2.70. The third kappa shape index (κ3) is 14.7. The quantitative estimate of drug-likeness (QED) is 0.0254. The number of ketones is 1. The maximum atomic E-state index is 14.5. The Hall–Kier alpha value is -6.54. The molecule has 3 aliphatic carbocycles. The van der Waals surface area contributed by atoms with Crippen molar-refractivity contribution in [2.75, 3.05) is 105 Å². The lowest BCUT2D eigenvalue weighted by atomic mass is 9.83. The van der Waals surface area contributed by atoms with Gasteiger partial charge in [0.15, 0.2) is 5.69 Å². The van der Waals surface area contributed by atoms with Gasteiger partial charge in [-0.1, -0.05) is 68.7 Å². The van der Waals surface area contributed by atoms with Gasteiger partial charge >= 0.3 is 0 Å². The molecule has 21 nitrogen and oxygen atoms in total. The van der Waals surface area contributed by atoms with Gasteiger partial charge < -0.3 is 54.2 Å². The summed E-state index contributed by atoms with van der Waals surface area (Å²) in [6.07, 6.45) is 10.4. The van der Waals surface area contributed by atoms with Crippen LogP contribution < -0.4 is 20.7 Å². The zero-order chi connectivity index (χ0) is 60.2. The highest BCUT2D eigenvalue weighted by Gasteiger charge is 2.78. The number of anilines is 1. The number of thiazole rings is 1. The Kier molecular flexibility index (Phi) is 21.1. The topological polar surface area (TPSA) is 243 Å². The van der Waals surface area contributed by atoms with Gasteiger partial charge in [-0.15, -0.1) is 11.3 Å². The predicted octanol–water partition coefficient (Wildman–Crippen LogP) is 6.85. The second kappa shape index (κ2) is 29.0. The molecule has 2 aliphatic heterocycles. The van der Waals surface area contributed by atoms with E-state index in [-0.39, 0.29) is 85.6 Å². The first-order valence-corrected chi connectivity index (χ1v) is 31.1. The van der Waals surface area contributed by atoms with Crippen LogP contribution in [0.5, 0.6) is 5.75 Å². The van der Waals surface area contributed by atoms with Gasteiger partial charge in [0, 0.05) is 71.7 Å². The summed E-state index contributed by atoms with van der Waals surface area (Å²) in [6.45, 7) is 8.90. The number of H-pyrrole nitrogens is 1. The number of nitrogens with zero attached hydrogens (tertiary/aromatic N) is 6. The molecule has 4 amide bonds. The number of alkyl halides is 2. The van der Waals surface area contributed by atoms with Gasteiger partial charge in [0.25, 0.3) is 11.8 Å². The fraction of sp³-hybridized carbons (Fsp3) is 0.581. The van der Waals surface area contributed by atoms with E-state index in [1.54, 1.807) is 67.6 Å². The van der Waals surface area contributed by atoms with Crippen LogP contribution >= 0.6 is 11.3 Å². The van der Waals surface area contributed by atoms with E-state index >= 15 is 0 Å². The van der Waals surface area contributed by atoms with E-state index < -0.39 is 35.2 Å². The normalized spacial score (nSPS) is 21.0. The van der Waals surface area contributed by atoms with Gasteiger partial charge in [-0.3, -0.25) is 33.8 Å². The molecular weight excluding hydrogens is 1130 g/mol. The van der Waals surface area contributed by atoms with Crippen LogP contribution in [0.2, 0.25) is 0 Å². The van der Waals surface area contributed by atoms with Crippen LogP contribution in [0.4, 0.5) is 14.5 Å². The number of nitrogens with one attached hydrogen (secondary N) is 4. The first kappa shape index (κ1) is 62.5. The van der Waals surface area contributed by atoms with Gasteiger partial charge in [-0.2, -0.15) is 10.2 Å². The van der Waals surface area contributed by atoms with E-state index in [2.05, 4.69) is 31.2 Å². The minimum Gasteiger partial charge on any atom is -0.491 e. The van der Waals surface area contributed by atoms with E-state index in [1.807, 2.05) is 40.1 Å². The van der Waals surface area contributed by atoms with E-state index in [1.165, 1.54) is 11.3 Å². The summed E-state index contributed by atoms with van der Waals surface area (Å²) >= 11 is 1.38. The van der Waals surface area contributed by atoms with Gasteiger partial charge in [0.05, 0.1) is 102 Å². The predicted molar refractivity (Wildman–Crippen MR) is 314 cm³/mol. The van der Waals surface area contributed by atoms with Crippen LogP contribution in [-0.2, 0) is 50.9 Å². The van der Waals surface area contributed by atoms with Crippen molar-refractivity contribution in [3.05, 3.63) is 111 Å². The third-order valence-electron chi connectivity index (χ3n) is 17.6. The number of rotatable bonds is 32. The number of likely N-dealkylation sites (N-methyl/N-ethyl adjacent to an activating group) is 1. The van der Waals surface area contributed by atoms with Crippen LogP contribution in [0.25, 0.3) is 0 Å². The molecule has 2 saturated carbocycles. The third-order valence-corrected chi connectivity index (χ3v) is 18.6. The van der Waals surface area contributed by atoms with Crippen LogP contribution in [-0.4, -0.2) is 182 Å². The van der Waals surface area contributed by atoms with E-state index in [4.69, 9.17) is 33.4 Å². The highest BCUT2D eigenvalue weighted by atomic mass is 32.1. The van der Waals surface area contributed by atoms with Crippen LogP contribution in [0.3, 0.4) is 0 Å². The number of aromatic nitrogens is 5. The van der Waals surface area contributed by atoms with Gasteiger partial charge in [0.1, 0.15) is 29.1 Å². The lowest BCUT2D eigenvalue weighted by Crippen LogP contribution is -2.55. The van der Waals surface area contributed by atoms with Crippen molar-refractivity contribution in [3.63, 3.8) is 0 Å². The second-order valence-corrected chi connectivity index (χ2v) is 24.1. The molecule has 0 radical (unpaired) electrons. The zero-order valence-electron chi connectivity index (χ0n) is 49.3. The van der Waals surface area contributed by atoms with E-state index in [9.17, 15) is 32.8 Å². The molecule has 2 aromatic carbocycles. The van der Waals surface area contributed by atoms with Crippen molar-refractivity contribution in [3.8, 4) is 5.75 Å². The zero-order valence-corrected chi connectivity index (χ0v) is 50.1. The molecule has 86 heavy (non-hydrogen) atoms. The first-order chi connectivity index (χ1) is 41.7. The monoisotopic (exact) mass is 1210 g/mol. The molecule has 0 unspecified atom stereocenters. The highest BCUT2D eigenvalue weighted by molar-refractivity contribution is 7.10. The maximum Gasteiger partial charge on any atom is 0.276 e. The number of aromatic amines is 1. The largest absolute Gasteiger partial charge is 0.491 e. The van der Waals surface area contributed by atoms with E-state index in [0.29, 0.717) is 113 Å². The number of carbonyl (C=O) groups is 5. The Balaban J connectivity index is 0.543. The minimum absolute atomic E-state index is 0.00510. The molecule has 5 heterocycles. The summed E-state index contributed by atoms with van der Waals surface area (Å²) in [6, 6.07) is 15.4. The molecule has 4 N–H and O–H groups in total. The van der Waals surface area contributed by atoms with Crippen LogP contribution in [0.15, 0.2) is 72.4 Å². The number of likely N-dealkylation sites (tertiary alicyclic amines) is 2. The molecule has 6 atom stereocenters. The second-order valence-electron chi connectivity index (χ2n) is 23.3. The lowest BCUT2D eigenvalue weighted by molar-refractivity contribution is -0.140. The Labute approximate surface area is 503 Å². The summed E-state index contributed by atoms with van der Waals surface area (Å²) in [4.78, 5) is 75.7. The summed E-state index contributed by atoms with van der Waals surface area (Å²) < 4.78 is 64.9. The van der Waals surface area contributed by atoms with Crippen LogP contribution in [0, 0.1) is 23.2 Å². The number of hydrogen-bond acceptors (Lipinski definition) is 16. The summed E-state index contributed by atoms with van der Waals surface area (Å²) in [5.41, 5.74) is 2.39. The first-order valence-electron chi connectivity index (χ1n) is 30.3. The average Bonchev–Trinajstić information content (AvgIpc) is 1.52. The fourth-order valence-electron chi connectivity index (χ4n) is 12.4. The minimum atomic E-state index is -2.76. The van der Waals surface area contributed by atoms with E-state index in [0.717, 1.165) is 55.5 Å². The number of carbonyl (C=O) groups excluding carboxylic acids is 5. The smallest absolute Gasteiger partial charge is 0.276 e. The number of fused-ring (bicyclic) bond motifs is 2. The fourth-order valence-corrected chi connectivity index (χ4v) is 13.4. The molecule has 3 aromatic heterocycles. The Morgan fingerprint density at radius 3 is 2.21 bits per heavy atom. The van der Waals surface area contributed by atoms with Crippen molar-refractivity contribution in [2.45, 2.75) is 108 Å². The molecule has 24 heteroatoms. The lowest BCUT2D eigenvalue weighted by Gasteiger charge is -2.43. The SMILES string of the molecule is CN[C@@H](C)C(=O)N[C@H](C(=O)N1CCC[C@H]1c1nc(C(=O)c2cccc(OCCOCCOCCOCCOCCOCCC(=O)N3CC([C@@H](c4ccccc4)n4cc(NC(=O)c5n[nH]c6c5C[C@@H]5C(F)(F)[C@]5(C)C6)cn4)C3)c2)cs1)C1CCCCC1. The van der Waals surface area contributed by atoms with Gasteiger partial charge in [-0.05, 0) is 69.7 Å².